The van der Waals surface area contributed by atoms with E-state index in [0.29, 0.717) is 18.8 Å². The smallest absolute Gasteiger partial charge is 0.170 e. The van der Waals surface area contributed by atoms with Crippen molar-refractivity contribution in [3.8, 4) is 5.75 Å². The van der Waals surface area contributed by atoms with Gasteiger partial charge in [-0.15, -0.1) is 0 Å². The van der Waals surface area contributed by atoms with Crippen molar-refractivity contribution in [2.24, 2.45) is 10.9 Å². The number of methoxy groups -OCH3 is 1. The third-order valence-electron chi connectivity index (χ3n) is 2.34. The summed E-state index contributed by atoms with van der Waals surface area (Å²) in [5.74, 6) is 0.876. The van der Waals surface area contributed by atoms with Crippen LogP contribution in [0.15, 0.2) is 23.4 Å². The van der Waals surface area contributed by atoms with E-state index >= 15 is 0 Å². The van der Waals surface area contributed by atoms with Crippen LogP contribution < -0.4 is 10.5 Å². The Morgan fingerprint density at radius 1 is 1.41 bits per heavy atom. The van der Waals surface area contributed by atoms with Crippen LogP contribution in [0.4, 0.5) is 0 Å². The number of rotatable bonds is 6. The van der Waals surface area contributed by atoms with Crippen molar-refractivity contribution in [2.75, 3.05) is 20.3 Å². The molecule has 5 heteroatoms. The Balaban J connectivity index is 2.63. The minimum absolute atomic E-state index is 0.105. The Morgan fingerprint density at radius 2 is 2.18 bits per heavy atom. The largest absolute Gasteiger partial charge is 0.493 e. The van der Waals surface area contributed by atoms with E-state index in [2.05, 4.69) is 5.16 Å². The van der Waals surface area contributed by atoms with Gasteiger partial charge in [0.05, 0.1) is 6.61 Å². The molecule has 1 aromatic carbocycles. The summed E-state index contributed by atoms with van der Waals surface area (Å²) in [6.45, 7) is 3.17. The lowest BCUT2D eigenvalue weighted by Gasteiger charge is -2.09. The van der Waals surface area contributed by atoms with Crippen LogP contribution in [-0.2, 0) is 4.74 Å². The van der Waals surface area contributed by atoms with Gasteiger partial charge in [0.15, 0.2) is 5.84 Å². The normalized spacial score (nSPS) is 11.5. The van der Waals surface area contributed by atoms with Gasteiger partial charge in [0, 0.05) is 25.7 Å². The maximum Gasteiger partial charge on any atom is 0.170 e. The van der Waals surface area contributed by atoms with Gasteiger partial charge in [-0.1, -0.05) is 5.16 Å². The second-order valence-corrected chi connectivity index (χ2v) is 3.66. The molecule has 0 aliphatic rings. The Hall–Kier alpha value is -1.75. The summed E-state index contributed by atoms with van der Waals surface area (Å²) in [4.78, 5) is 0. The third-order valence-corrected chi connectivity index (χ3v) is 2.34. The van der Waals surface area contributed by atoms with Crippen LogP contribution in [0.1, 0.15) is 17.5 Å². The standard InChI is InChI=1S/C12H18N2O3/c1-9-8-10(17-7-3-6-16-2)4-5-11(9)12(13)14-15/h4-5,8,15H,3,6-7H2,1-2H3,(H2,13,14). The highest BCUT2D eigenvalue weighted by Crippen LogP contribution is 2.17. The summed E-state index contributed by atoms with van der Waals surface area (Å²) in [6.07, 6.45) is 0.845. The van der Waals surface area contributed by atoms with E-state index < -0.39 is 0 Å². The highest BCUT2D eigenvalue weighted by Gasteiger charge is 2.04. The van der Waals surface area contributed by atoms with Crippen molar-refractivity contribution in [1.29, 1.82) is 0 Å². The van der Waals surface area contributed by atoms with E-state index in [0.717, 1.165) is 17.7 Å². The highest BCUT2D eigenvalue weighted by atomic mass is 16.5. The number of hydrogen-bond donors (Lipinski definition) is 2. The van der Waals surface area contributed by atoms with E-state index in [4.69, 9.17) is 20.4 Å². The molecule has 0 saturated carbocycles. The molecule has 0 aliphatic carbocycles. The summed E-state index contributed by atoms with van der Waals surface area (Å²) in [5, 5.41) is 11.6. The number of aryl methyl sites for hydroxylation is 1. The number of nitrogens with zero attached hydrogens (tertiary/aromatic N) is 1. The van der Waals surface area contributed by atoms with Crippen molar-refractivity contribution in [2.45, 2.75) is 13.3 Å². The maximum atomic E-state index is 8.60. The molecule has 0 aliphatic heterocycles. The van der Waals surface area contributed by atoms with Crippen molar-refractivity contribution < 1.29 is 14.7 Å². The molecule has 0 unspecified atom stereocenters. The van der Waals surface area contributed by atoms with Crippen LogP contribution >= 0.6 is 0 Å². The molecule has 1 rings (SSSR count). The summed E-state index contributed by atoms with van der Waals surface area (Å²) >= 11 is 0. The van der Waals surface area contributed by atoms with Crippen molar-refractivity contribution in [3.63, 3.8) is 0 Å². The lowest BCUT2D eigenvalue weighted by molar-refractivity contribution is 0.172. The van der Waals surface area contributed by atoms with Crippen LogP contribution in [0.2, 0.25) is 0 Å². The van der Waals surface area contributed by atoms with Crippen LogP contribution in [0.3, 0.4) is 0 Å². The molecule has 0 heterocycles. The van der Waals surface area contributed by atoms with Crippen LogP contribution in [0.25, 0.3) is 0 Å². The van der Waals surface area contributed by atoms with Gasteiger partial charge in [-0.05, 0) is 30.7 Å². The first kappa shape index (κ1) is 13.3. The highest BCUT2D eigenvalue weighted by molar-refractivity contribution is 5.98. The van der Waals surface area contributed by atoms with Crippen LogP contribution in [0, 0.1) is 6.92 Å². The Labute approximate surface area is 101 Å². The predicted molar refractivity (Wildman–Crippen MR) is 65.7 cm³/mol. The molecule has 0 aromatic heterocycles. The van der Waals surface area contributed by atoms with Crippen molar-refractivity contribution in [3.05, 3.63) is 29.3 Å². The molecule has 94 valence electrons. The lowest BCUT2D eigenvalue weighted by atomic mass is 10.1. The fourth-order valence-corrected chi connectivity index (χ4v) is 1.46. The summed E-state index contributed by atoms with van der Waals surface area (Å²) in [7, 11) is 1.66. The number of benzene rings is 1. The molecule has 0 amide bonds. The maximum absolute atomic E-state index is 8.60. The van der Waals surface area contributed by atoms with Gasteiger partial charge < -0.3 is 20.4 Å². The van der Waals surface area contributed by atoms with Gasteiger partial charge in [-0.3, -0.25) is 0 Å². The fraction of sp³-hybridized carbons (Fsp3) is 0.417. The van der Waals surface area contributed by atoms with Crippen LogP contribution in [0.5, 0.6) is 5.75 Å². The molecule has 0 spiro atoms. The van der Waals surface area contributed by atoms with E-state index in [-0.39, 0.29) is 5.84 Å². The van der Waals surface area contributed by atoms with Crippen molar-refractivity contribution in [1.82, 2.24) is 0 Å². The lowest BCUT2D eigenvalue weighted by Crippen LogP contribution is -2.14. The first-order chi connectivity index (χ1) is 8.19. The van der Waals surface area contributed by atoms with Gasteiger partial charge >= 0.3 is 0 Å². The molecule has 0 radical (unpaired) electrons. The average molecular weight is 238 g/mol. The molecule has 1 aromatic rings. The summed E-state index contributed by atoms with van der Waals surface area (Å²) in [6, 6.07) is 5.43. The third kappa shape index (κ3) is 3.96. The zero-order chi connectivity index (χ0) is 12.7. The molecular weight excluding hydrogens is 220 g/mol. The second-order valence-electron chi connectivity index (χ2n) is 3.66. The first-order valence-electron chi connectivity index (χ1n) is 5.39. The molecule has 17 heavy (non-hydrogen) atoms. The van der Waals surface area contributed by atoms with Gasteiger partial charge in [-0.25, -0.2) is 0 Å². The van der Waals surface area contributed by atoms with E-state index in [9.17, 15) is 0 Å². The number of amidine groups is 1. The van der Waals surface area contributed by atoms with Crippen molar-refractivity contribution >= 4 is 5.84 Å². The van der Waals surface area contributed by atoms with E-state index in [1.807, 2.05) is 13.0 Å². The van der Waals surface area contributed by atoms with E-state index in [1.54, 1.807) is 19.2 Å². The SMILES string of the molecule is COCCCOc1ccc(/C(N)=N/O)c(C)c1. The summed E-state index contributed by atoms with van der Waals surface area (Å²) in [5.41, 5.74) is 7.14. The Morgan fingerprint density at radius 3 is 2.76 bits per heavy atom. The number of nitrogens with two attached hydrogens (primary N) is 1. The number of ether oxygens (including phenoxy) is 2. The molecular formula is C12H18N2O3. The topological polar surface area (TPSA) is 77.1 Å². The van der Waals surface area contributed by atoms with Gasteiger partial charge in [0.25, 0.3) is 0 Å². The van der Waals surface area contributed by atoms with E-state index in [1.165, 1.54) is 0 Å². The van der Waals surface area contributed by atoms with Crippen LogP contribution in [-0.4, -0.2) is 31.4 Å². The molecule has 5 nitrogen and oxygen atoms in total. The average Bonchev–Trinajstić information content (AvgIpc) is 2.34. The monoisotopic (exact) mass is 238 g/mol. The van der Waals surface area contributed by atoms with Gasteiger partial charge in [0.2, 0.25) is 0 Å². The fourth-order valence-electron chi connectivity index (χ4n) is 1.46. The van der Waals surface area contributed by atoms with Gasteiger partial charge in [-0.2, -0.15) is 0 Å². The second kappa shape index (κ2) is 6.75. The Kier molecular flexibility index (Phi) is 5.29. The van der Waals surface area contributed by atoms with Gasteiger partial charge in [0.1, 0.15) is 5.75 Å². The number of oxime groups is 1. The minimum Gasteiger partial charge on any atom is -0.493 e. The summed E-state index contributed by atoms with van der Waals surface area (Å²) < 4.78 is 10.5. The zero-order valence-electron chi connectivity index (χ0n) is 10.1. The molecule has 0 fully saturated rings. The molecule has 0 saturated heterocycles. The first-order valence-corrected chi connectivity index (χ1v) is 5.39. The minimum atomic E-state index is 0.105. The molecule has 0 bridgehead atoms. The molecule has 3 N–H and O–H groups in total. The zero-order valence-corrected chi connectivity index (χ0v) is 10.1. The molecule has 0 atom stereocenters. The predicted octanol–water partition coefficient (Wildman–Crippen LogP) is 1.50. The number of hydrogen-bond acceptors (Lipinski definition) is 4. The quantitative estimate of drug-likeness (QED) is 0.259. The Bertz CT molecular complexity index is 391.